The van der Waals surface area contributed by atoms with Gasteiger partial charge in [-0.05, 0) is 6.42 Å². The first kappa shape index (κ1) is 10.5. The Balaban J connectivity index is 2.34. The first-order valence-electron chi connectivity index (χ1n) is 4.88. The Morgan fingerprint density at radius 2 is 2.25 bits per heavy atom. The number of hydrogen-bond acceptors (Lipinski definition) is 3. The molecule has 1 atom stereocenters. The van der Waals surface area contributed by atoms with Gasteiger partial charge in [-0.15, -0.1) is 0 Å². The number of carbonyl (C=O) groups excluding carboxylic acids is 2. The van der Waals surface area contributed by atoms with Crippen LogP contribution in [-0.4, -0.2) is 23.0 Å². The van der Waals surface area contributed by atoms with E-state index in [-0.39, 0.29) is 11.6 Å². The van der Waals surface area contributed by atoms with Crippen molar-refractivity contribution in [1.82, 2.24) is 10.3 Å². The van der Waals surface area contributed by atoms with E-state index in [1.165, 1.54) is 6.20 Å². The molecular formula is C10H10FN3O2. The Hall–Kier alpha value is -1.98. The molecule has 1 aliphatic rings. The maximum absolute atomic E-state index is 12.9. The molecule has 2 heterocycles. The van der Waals surface area contributed by atoms with E-state index in [9.17, 15) is 14.0 Å². The second-order valence-corrected chi connectivity index (χ2v) is 3.45. The Labute approximate surface area is 91.3 Å². The number of pyridine rings is 1. The Morgan fingerprint density at radius 1 is 1.50 bits per heavy atom. The van der Waals surface area contributed by atoms with E-state index in [1.54, 1.807) is 6.92 Å². The predicted molar refractivity (Wildman–Crippen MR) is 54.3 cm³/mol. The minimum atomic E-state index is -0.585. The molecule has 0 radical (unpaired) electrons. The zero-order valence-electron chi connectivity index (χ0n) is 8.61. The molecule has 2 rings (SSSR count). The lowest BCUT2D eigenvalue weighted by Crippen LogP contribution is -2.31. The summed E-state index contributed by atoms with van der Waals surface area (Å²) in [4.78, 5) is 27.8. The largest absolute Gasteiger partial charge is 0.329 e. The fourth-order valence-corrected chi connectivity index (χ4v) is 1.58. The van der Waals surface area contributed by atoms with Gasteiger partial charge >= 0.3 is 6.03 Å². The fourth-order valence-electron chi connectivity index (χ4n) is 1.58. The number of aromatic nitrogens is 1. The normalized spacial score (nSPS) is 20.1. The summed E-state index contributed by atoms with van der Waals surface area (Å²) in [6.07, 6.45) is 2.79. The van der Waals surface area contributed by atoms with Gasteiger partial charge in [0.05, 0.1) is 18.1 Å². The number of amides is 3. The van der Waals surface area contributed by atoms with Crippen molar-refractivity contribution in [2.45, 2.75) is 19.4 Å². The van der Waals surface area contributed by atoms with Crippen molar-refractivity contribution >= 4 is 17.6 Å². The third-order valence-electron chi connectivity index (χ3n) is 2.38. The van der Waals surface area contributed by atoms with Gasteiger partial charge in [-0.3, -0.25) is 9.78 Å². The molecule has 1 aromatic rings. The highest BCUT2D eigenvalue weighted by atomic mass is 19.1. The third-order valence-corrected chi connectivity index (χ3v) is 2.38. The molecule has 3 amide bonds. The molecule has 0 spiro atoms. The van der Waals surface area contributed by atoms with Crippen LogP contribution in [0.15, 0.2) is 18.5 Å². The summed E-state index contributed by atoms with van der Waals surface area (Å²) in [5, 5.41) is 2.51. The quantitative estimate of drug-likeness (QED) is 0.762. The number of urea groups is 1. The van der Waals surface area contributed by atoms with E-state index < -0.39 is 17.9 Å². The monoisotopic (exact) mass is 223 g/mol. The molecule has 0 aromatic carbocycles. The number of nitrogens with one attached hydrogen (secondary N) is 1. The fraction of sp³-hybridized carbons (Fsp3) is 0.300. The van der Waals surface area contributed by atoms with E-state index >= 15 is 0 Å². The molecule has 6 heteroatoms. The van der Waals surface area contributed by atoms with Crippen molar-refractivity contribution in [3.8, 4) is 0 Å². The lowest BCUT2D eigenvalue weighted by molar-refractivity contribution is -0.118. The second kappa shape index (κ2) is 3.88. The van der Waals surface area contributed by atoms with Crippen LogP contribution in [0.2, 0.25) is 0 Å². The van der Waals surface area contributed by atoms with Crippen LogP contribution >= 0.6 is 0 Å². The van der Waals surface area contributed by atoms with Gasteiger partial charge in [0.25, 0.3) is 5.91 Å². The first-order valence-corrected chi connectivity index (χ1v) is 4.88. The van der Waals surface area contributed by atoms with Crippen molar-refractivity contribution in [3.05, 3.63) is 24.3 Å². The maximum atomic E-state index is 12.9. The van der Waals surface area contributed by atoms with Crippen LogP contribution < -0.4 is 10.2 Å². The van der Waals surface area contributed by atoms with Crippen molar-refractivity contribution in [3.63, 3.8) is 0 Å². The van der Waals surface area contributed by atoms with Gasteiger partial charge in [0.2, 0.25) is 0 Å². The Bertz CT molecular complexity index is 449. The summed E-state index contributed by atoms with van der Waals surface area (Å²) in [5.41, 5.74) is 0.151. The van der Waals surface area contributed by atoms with Crippen LogP contribution in [0.3, 0.4) is 0 Å². The standard InChI is InChI=1S/C10H10FN3O2/c1-2-8-9(15)14(10(16)13-8)7-3-6(11)4-12-5-7/h3-5,8H,2H2,1H3,(H,13,16)/t8-/m1/s1. The molecule has 1 fully saturated rings. The first-order chi connectivity index (χ1) is 7.63. The number of carbonyl (C=O) groups is 2. The van der Waals surface area contributed by atoms with E-state index in [0.717, 1.165) is 17.2 Å². The van der Waals surface area contributed by atoms with E-state index in [2.05, 4.69) is 10.3 Å². The molecule has 1 saturated heterocycles. The van der Waals surface area contributed by atoms with Crippen LogP contribution in [0.1, 0.15) is 13.3 Å². The van der Waals surface area contributed by atoms with Crippen molar-refractivity contribution in [2.24, 2.45) is 0 Å². The minimum absolute atomic E-state index is 0.151. The van der Waals surface area contributed by atoms with E-state index in [0.29, 0.717) is 6.42 Å². The van der Waals surface area contributed by atoms with Crippen LogP contribution in [0, 0.1) is 5.82 Å². The van der Waals surface area contributed by atoms with Gasteiger partial charge in [0.1, 0.15) is 11.9 Å². The lowest BCUT2D eigenvalue weighted by Gasteiger charge is -2.11. The highest BCUT2D eigenvalue weighted by Crippen LogP contribution is 2.20. The minimum Gasteiger partial charge on any atom is -0.325 e. The number of nitrogens with zero attached hydrogens (tertiary/aromatic N) is 2. The molecule has 84 valence electrons. The number of halogens is 1. The Kier molecular flexibility index (Phi) is 2.55. The van der Waals surface area contributed by atoms with E-state index in [4.69, 9.17) is 0 Å². The van der Waals surface area contributed by atoms with Crippen molar-refractivity contribution in [2.75, 3.05) is 4.90 Å². The average molecular weight is 223 g/mol. The van der Waals surface area contributed by atoms with Crippen LogP contribution in [0.4, 0.5) is 14.9 Å². The average Bonchev–Trinajstić information content (AvgIpc) is 2.53. The molecule has 0 saturated carbocycles. The smallest absolute Gasteiger partial charge is 0.325 e. The Morgan fingerprint density at radius 3 is 2.81 bits per heavy atom. The van der Waals surface area contributed by atoms with Gasteiger partial charge in [0.15, 0.2) is 0 Å². The summed E-state index contributed by atoms with van der Waals surface area (Å²) < 4.78 is 12.9. The topological polar surface area (TPSA) is 62.3 Å². The number of hydrogen-bond donors (Lipinski definition) is 1. The number of anilines is 1. The lowest BCUT2D eigenvalue weighted by atomic mass is 10.2. The maximum Gasteiger partial charge on any atom is 0.329 e. The van der Waals surface area contributed by atoms with Crippen LogP contribution in [0.5, 0.6) is 0 Å². The molecular weight excluding hydrogens is 213 g/mol. The third kappa shape index (κ3) is 1.62. The van der Waals surface area contributed by atoms with Gasteiger partial charge in [-0.2, -0.15) is 0 Å². The van der Waals surface area contributed by atoms with Crippen molar-refractivity contribution in [1.29, 1.82) is 0 Å². The molecule has 0 aliphatic carbocycles. The number of rotatable bonds is 2. The highest BCUT2D eigenvalue weighted by Gasteiger charge is 2.38. The SMILES string of the molecule is CC[C@H]1NC(=O)N(c2cncc(F)c2)C1=O. The molecule has 0 unspecified atom stereocenters. The summed E-state index contributed by atoms with van der Waals surface area (Å²) in [5.74, 6) is -0.960. The predicted octanol–water partition coefficient (Wildman–Crippen LogP) is 1.06. The summed E-state index contributed by atoms with van der Waals surface area (Å²) in [6, 6.07) is 0.0303. The van der Waals surface area contributed by atoms with Gasteiger partial charge in [-0.25, -0.2) is 14.1 Å². The molecule has 1 N–H and O–H groups in total. The summed E-state index contributed by atoms with van der Waals surface area (Å²) in [7, 11) is 0. The zero-order chi connectivity index (χ0) is 11.7. The van der Waals surface area contributed by atoms with Crippen LogP contribution in [-0.2, 0) is 4.79 Å². The zero-order valence-corrected chi connectivity index (χ0v) is 8.61. The van der Waals surface area contributed by atoms with Crippen LogP contribution in [0.25, 0.3) is 0 Å². The molecule has 1 aliphatic heterocycles. The van der Waals surface area contributed by atoms with Crippen molar-refractivity contribution < 1.29 is 14.0 Å². The molecule has 0 bridgehead atoms. The van der Waals surface area contributed by atoms with Gasteiger partial charge < -0.3 is 5.32 Å². The van der Waals surface area contributed by atoms with Gasteiger partial charge in [-0.1, -0.05) is 6.92 Å². The molecule has 16 heavy (non-hydrogen) atoms. The molecule has 5 nitrogen and oxygen atoms in total. The summed E-state index contributed by atoms with van der Waals surface area (Å²) >= 11 is 0. The molecule has 1 aromatic heterocycles. The van der Waals surface area contributed by atoms with E-state index in [1.807, 2.05) is 0 Å². The summed E-state index contributed by atoms with van der Waals surface area (Å²) in [6.45, 7) is 1.79. The highest BCUT2D eigenvalue weighted by molar-refractivity contribution is 6.21. The number of imide groups is 1. The second-order valence-electron chi connectivity index (χ2n) is 3.45. The van der Waals surface area contributed by atoms with Gasteiger partial charge in [0, 0.05) is 6.07 Å².